The third-order valence-corrected chi connectivity index (χ3v) is 4.49. The molecule has 0 fully saturated rings. The largest absolute Gasteiger partial charge is 0.497 e. The van der Waals surface area contributed by atoms with Crippen LogP contribution in [0.2, 0.25) is 0 Å². The summed E-state index contributed by atoms with van der Waals surface area (Å²) in [6, 6.07) is 22.4. The van der Waals surface area contributed by atoms with Crippen LogP contribution in [0.4, 0.5) is 16.2 Å². The van der Waals surface area contributed by atoms with Gasteiger partial charge in [-0.25, -0.2) is 4.79 Å². The first-order valence-electron chi connectivity index (χ1n) is 9.94. The number of ether oxygens (including phenoxy) is 1. The quantitative estimate of drug-likeness (QED) is 0.438. The Morgan fingerprint density at radius 2 is 1.38 bits per heavy atom. The van der Waals surface area contributed by atoms with Gasteiger partial charge in [0.15, 0.2) is 0 Å². The monoisotopic (exact) mass is 432 g/mol. The van der Waals surface area contributed by atoms with Crippen molar-refractivity contribution in [3.8, 4) is 5.75 Å². The molecule has 4 amide bonds. The van der Waals surface area contributed by atoms with E-state index >= 15 is 0 Å². The number of urea groups is 1. The fourth-order valence-electron chi connectivity index (χ4n) is 2.79. The first kappa shape index (κ1) is 22.4. The summed E-state index contributed by atoms with van der Waals surface area (Å²) in [4.78, 5) is 36.3. The van der Waals surface area contributed by atoms with Gasteiger partial charge in [0.2, 0.25) is 5.91 Å². The van der Waals surface area contributed by atoms with Crippen molar-refractivity contribution in [2.75, 3.05) is 24.3 Å². The molecule has 3 aromatic carbocycles. The molecule has 0 bridgehead atoms. The zero-order chi connectivity index (χ0) is 22.8. The van der Waals surface area contributed by atoms with Crippen LogP contribution in [0, 0.1) is 0 Å². The van der Waals surface area contributed by atoms with Crippen molar-refractivity contribution in [3.63, 3.8) is 0 Å². The lowest BCUT2D eigenvalue weighted by Gasteiger charge is -2.09. The van der Waals surface area contributed by atoms with E-state index in [1.807, 2.05) is 42.5 Å². The molecule has 0 aliphatic carbocycles. The maximum absolute atomic E-state index is 12.3. The molecule has 3 rings (SSSR count). The molecule has 0 radical (unpaired) electrons. The van der Waals surface area contributed by atoms with E-state index in [1.165, 1.54) is 0 Å². The number of amides is 4. The number of para-hydroxylation sites is 1. The molecule has 3 aromatic rings. The standard InChI is InChI=1S/C24H24N4O4/c1-32-21-13-7-17(8-14-21)15-25-22(29)16-26-23(30)18-9-11-20(12-10-18)28-24(31)27-19-5-3-2-4-6-19/h2-14H,15-16H2,1H3,(H,25,29)(H,26,30)(H2,27,28,31). The fraction of sp³-hybridized carbons (Fsp3) is 0.125. The summed E-state index contributed by atoms with van der Waals surface area (Å²) in [7, 11) is 1.59. The van der Waals surface area contributed by atoms with Crippen LogP contribution < -0.4 is 26.0 Å². The van der Waals surface area contributed by atoms with Gasteiger partial charge < -0.3 is 26.0 Å². The van der Waals surface area contributed by atoms with E-state index in [0.717, 1.165) is 11.3 Å². The molecule has 8 heteroatoms. The normalized spacial score (nSPS) is 10.0. The average Bonchev–Trinajstić information content (AvgIpc) is 2.82. The molecule has 0 spiro atoms. The maximum Gasteiger partial charge on any atom is 0.323 e. The van der Waals surface area contributed by atoms with Crippen LogP contribution in [0.25, 0.3) is 0 Å². The minimum atomic E-state index is -0.387. The zero-order valence-corrected chi connectivity index (χ0v) is 17.6. The second-order valence-corrected chi connectivity index (χ2v) is 6.83. The van der Waals surface area contributed by atoms with Gasteiger partial charge in [0.25, 0.3) is 5.91 Å². The van der Waals surface area contributed by atoms with Crippen molar-refractivity contribution in [1.29, 1.82) is 0 Å². The molecule has 0 aliphatic rings. The van der Waals surface area contributed by atoms with Gasteiger partial charge >= 0.3 is 6.03 Å². The van der Waals surface area contributed by atoms with E-state index in [4.69, 9.17) is 4.74 Å². The Labute approximate surface area is 186 Å². The van der Waals surface area contributed by atoms with E-state index in [-0.39, 0.29) is 24.4 Å². The highest BCUT2D eigenvalue weighted by Crippen LogP contribution is 2.12. The predicted molar refractivity (Wildman–Crippen MR) is 123 cm³/mol. The predicted octanol–water partition coefficient (Wildman–Crippen LogP) is 3.39. The van der Waals surface area contributed by atoms with Crippen LogP contribution in [-0.4, -0.2) is 31.5 Å². The van der Waals surface area contributed by atoms with Crippen LogP contribution in [0.1, 0.15) is 15.9 Å². The molecular weight excluding hydrogens is 408 g/mol. The van der Waals surface area contributed by atoms with Crippen molar-refractivity contribution < 1.29 is 19.1 Å². The molecule has 32 heavy (non-hydrogen) atoms. The van der Waals surface area contributed by atoms with Gasteiger partial charge in [-0.3, -0.25) is 9.59 Å². The Morgan fingerprint density at radius 3 is 2.00 bits per heavy atom. The highest BCUT2D eigenvalue weighted by atomic mass is 16.5. The first-order chi connectivity index (χ1) is 15.5. The lowest BCUT2D eigenvalue weighted by Crippen LogP contribution is -2.36. The van der Waals surface area contributed by atoms with E-state index in [2.05, 4.69) is 21.3 Å². The van der Waals surface area contributed by atoms with E-state index in [1.54, 1.807) is 43.5 Å². The second kappa shape index (κ2) is 11.2. The SMILES string of the molecule is COc1ccc(CNC(=O)CNC(=O)c2ccc(NC(=O)Nc3ccccc3)cc2)cc1. The Morgan fingerprint density at radius 1 is 0.750 bits per heavy atom. The van der Waals surface area contributed by atoms with Gasteiger partial charge in [-0.05, 0) is 54.1 Å². The molecule has 0 heterocycles. The van der Waals surface area contributed by atoms with Crippen molar-refractivity contribution in [2.24, 2.45) is 0 Å². The number of nitrogens with one attached hydrogen (secondary N) is 4. The Hall–Kier alpha value is -4.33. The minimum Gasteiger partial charge on any atom is -0.497 e. The van der Waals surface area contributed by atoms with Crippen molar-refractivity contribution in [3.05, 3.63) is 90.0 Å². The van der Waals surface area contributed by atoms with Crippen LogP contribution in [-0.2, 0) is 11.3 Å². The third-order valence-electron chi connectivity index (χ3n) is 4.49. The Kier molecular flexibility index (Phi) is 7.80. The summed E-state index contributed by atoms with van der Waals surface area (Å²) in [6.07, 6.45) is 0. The van der Waals surface area contributed by atoms with Crippen molar-refractivity contribution in [2.45, 2.75) is 6.54 Å². The Balaban J connectivity index is 1.41. The van der Waals surface area contributed by atoms with Crippen LogP contribution in [0.3, 0.4) is 0 Å². The fourth-order valence-corrected chi connectivity index (χ4v) is 2.79. The van der Waals surface area contributed by atoms with Crippen LogP contribution in [0.15, 0.2) is 78.9 Å². The Bertz CT molecular complexity index is 1050. The number of rotatable bonds is 8. The number of hydrogen-bond acceptors (Lipinski definition) is 4. The second-order valence-electron chi connectivity index (χ2n) is 6.83. The maximum atomic E-state index is 12.3. The first-order valence-corrected chi connectivity index (χ1v) is 9.94. The zero-order valence-electron chi connectivity index (χ0n) is 17.6. The molecule has 0 saturated carbocycles. The van der Waals surface area contributed by atoms with Gasteiger partial charge in [0.05, 0.1) is 13.7 Å². The number of anilines is 2. The summed E-state index contributed by atoms with van der Waals surface area (Å²) in [5.74, 6) is 0.0558. The van der Waals surface area contributed by atoms with Crippen LogP contribution >= 0.6 is 0 Å². The van der Waals surface area contributed by atoms with E-state index in [9.17, 15) is 14.4 Å². The van der Waals surface area contributed by atoms with Gasteiger partial charge in [-0.15, -0.1) is 0 Å². The van der Waals surface area contributed by atoms with Gasteiger partial charge in [0, 0.05) is 23.5 Å². The molecule has 4 N–H and O–H groups in total. The van der Waals surface area contributed by atoms with Gasteiger partial charge in [-0.2, -0.15) is 0 Å². The smallest absolute Gasteiger partial charge is 0.323 e. The molecule has 0 unspecified atom stereocenters. The van der Waals surface area contributed by atoms with Gasteiger partial charge in [0.1, 0.15) is 5.75 Å². The molecule has 0 aliphatic heterocycles. The molecule has 164 valence electrons. The van der Waals surface area contributed by atoms with Crippen molar-refractivity contribution >= 4 is 29.2 Å². The van der Waals surface area contributed by atoms with E-state index < -0.39 is 0 Å². The molecule has 0 aromatic heterocycles. The molecule has 0 atom stereocenters. The van der Waals surface area contributed by atoms with Gasteiger partial charge in [-0.1, -0.05) is 30.3 Å². The third kappa shape index (κ3) is 6.88. The lowest BCUT2D eigenvalue weighted by molar-refractivity contribution is -0.120. The number of carbonyl (C=O) groups excluding carboxylic acids is 3. The summed E-state index contributed by atoms with van der Waals surface area (Å²) < 4.78 is 5.09. The minimum absolute atomic E-state index is 0.144. The summed E-state index contributed by atoms with van der Waals surface area (Å²) in [6.45, 7) is 0.207. The molecular formula is C24H24N4O4. The summed E-state index contributed by atoms with van der Waals surface area (Å²) in [5.41, 5.74) is 2.50. The summed E-state index contributed by atoms with van der Waals surface area (Å²) >= 11 is 0. The highest BCUT2D eigenvalue weighted by molar-refractivity contribution is 6.00. The summed E-state index contributed by atoms with van der Waals surface area (Å²) in [5, 5.41) is 10.7. The number of methoxy groups -OCH3 is 1. The molecule has 8 nitrogen and oxygen atoms in total. The number of carbonyl (C=O) groups is 3. The van der Waals surface area contributed by atoms with E-state index in [0.29, 0.717) is 23.5 Å². The van der Waals surface area contributed by atoms with Crippen molar-refractivity contribution in [1.82, 2.24) is 10.6 Å². The van der Waals surface area contributed by atoms with Crippen LogP contribution in [0.5, 0.6) is 5.75 Å². The number of benzene rings is 3. The average molecular weight is 432 g/mol. The lowest BCUT2D eigenvalue weighted by atomic mass is 10.2. The topological polar surface area (TPSA) is 109 Å². The molecule has 0 saturated heterocycles. The highest BCUT2D eigenvalue weighted by Gasteiger charge is 2.09. The number of hydrogen-bond donors (Lipinski definition) is 4.